The van der Waals surface area contributed by atoms with Crippen molar-refractivity contribution >= 4 is 17.7 Å². The number of aldehydes is 1. The standard InChI is InChI=1S/C14H21FN2O.C14H19FN2O.Mn.2O/c2*15-13-6-4-5-12(11-18)14(13)16-7-10-17-8-2-1-3-9-17;;;/h4-6,16,18H,1-3,7-11H2;4-6,11,16H,1-3,7-10H2;;;. The number of carbonyl (C=O) groups excluding carboxylic acids is 1. The molecule has 39 heavy (non-hydrogen) atoms. The monoisotopic (exact) mass is 589 g/mol. The molecule has 0 aromatic heterocycles. The number of halogens is 2. The van der Waals surface area contributed by atoms with Crippen molar-refractivity contribution in [1.29, 1.82) is 0 Å². The number of rotatable bonds is 10. The zero-order valence-electron chi connectivity index (χ0n) is 22.3. The third-order valence-electron chi connectivity index (χ3n) is 6.80. The fourth-order valence-electron chi connectivity index (χ4n) is 4.77. The van der Waals surface area contributed by atoms with Crippen LogP contribution in [0.1, 0.15) is 54.4 Å². The molecule has 2 fully saturated rings. The quantitative estimate of drug-likeness (QED) is 0.275. The van der Waals surface area contributed by atoms with Gasteiger partial charge in [0.05, 0.1) is 18.0 Å². The van der Waals surface area contributed by atoms with Crippen LogP contribution in [0.5, 0.6) is 0 Å². The molecule has 8 nitrogen and oxygen atoms in total. The Morgan fingerprint density at radius 3 is 1.72 bits per heavy atom. The molecule has 4 rings (SSSR count). The number of hydrogen-bond acceptors (Lipinski definition) is 8. The maximum absolute atomic E-state index is 13.6. The van der Waals surface area contributed by atoms with E-state index < -0.39 is 14.8 Å². The van der Waals surface area contributed by atoms with Gasteiger partial charge in [0.1, 0.15) is 11.6 Å². The Morgan fingerprint density at radius 2 is 1.23 bits per heavy atom. The minimum absolute atomic E-state index is 0.135. The van der Waals surface area contributed by atoms with E-state index in [-0.39, 0.29) is 18.2 Å². The van der Waals surface area contributed by atoms with Gasteiger partial charge < -0.3 is 25.5 Å². The van der Waals surface area contributed by atoms with Gasteiger partial charge in [-0.25, -0.2) is 8.78 Å². The van der Waals surface area contributed by atoms with Crippen molar-refractivity contribution in [3.05, 3.63) is 59.2 Å². The first-order valence-corrected chi connectivity index (χ1v) is 14.4. The predicted octanol–water partition coefficient (Wildman–Crippen LogP) is 4.51. The first-order valence-electron chi connectivity index (χ1n) is 13.5. The molecule has 2 heterocycles. The molecule has 2 aliphatic heterocycles. The van der Waals surface area contributed by atoms with Gasteiger partial charge in [-0.1, -0.05) is 31.0 Å². The van der Waals surface area contributed by atoms with Gasteiger partial charge in [0.2, 0.25) is 0 Å². The second-order valence-corrected chi connectivity index (χ2v) is 9.67. The summed E-state index contributed by atoms with van der Waals surface area (Å²) in [5.41, 5.74) is 1.77. The molecule has 0 radical (unpaired) electrons. The van der Waals surface area contributed by atoms with Gasteiger partial charge in [-0.3, -0.25) is 4.79 Å². The van der Waals surface area contributed by atoms with Crippen LogP contribution in [-0.2, 0) is 29.1 Å². The number of likely N-dealkylation sites (tertiary alicyclic amines) is 2. The van der Waals surface area contributed by atoms with Crippen molar-refractivity contribution in [2.24, 2.45) is 0 Å². The summed E-state index contributed by atoms with van der Waals surface area (Å²) in [5, 5.41) is 15.3. The minimum atomic E-state index is -1.44. The number of hydrogen-bond donors (Lipinski definition) is 3. The summed E-state index contributed by atoms with van der Waals surface area (Å²) < 4.78 is 44.0. The Labute approximate surface area is 235 Å². The third kappa shape index (κ3) is 12.1. The summed E-state index contributed by atoms with van der Waals surface area (Å²) in [7, 11) is 0. The molecule has 2 aliphatic rings. The summed E-state index contributed by atoms with van der Waals surface area (Å²) in [4.78, 5) is 15.6. The van der Waals surface area contributed by atoms with Crippen LogP contribution in [-0.4, -0.2) is 73.6 Å². The van der Waals surface area contributed by atoms with Crippen molar-refractivity contribution in [3.63, 3.8) is 0 Å². The number of nitrogens with zero attached hydrogens (tertiary/aromatic N) is 2. The van der Waals surface area contributed by atoms with Gasteiger partial charge in [-0.15, -0.1) is 0 Å². The Hall–Kier alpha value is -2.43. The SMILES string of the molecule is O=Cc1cccc(F)c1NCCN1CCCCC1.OCc1cccc(F)c1NCCN1CCCCC1.[O]=[Mn]=[O]. The first kappa shape index (κ1) is 32.8. The topological polar surface area (TPSA) is 102 Å². The molecule has 2 aromatic rings. The molecule has 0 saturated carbocycles. The third-order valence-corrected chi connectivity index (χ3v) is 6.80. The number of piperidine rings is 2. The number of benzene rings is 2. The van der Waals surface area contributed by atoms with Gasteiger partial charge in [-0.2, -0.15) is 0 Å². The maximum atomic E-state index is 13.6. The van der Waals surface area contributed by atoms with Crippen LogP contribution in [0.2, 0.25) is 0 Å². The van der Waals surface area contributed by atoms with Gasteiger partial charge in [0.25, 0.3) is 0 Å². The normalized spacial score (nSPS) is 15.7. The summed E-state index contributed by atoms with van der Waals surface area (Å²) in [6.45, 7) is 7.61. The van der Waals surface area contributed by atoms with Gasteiger partial charge >= 0.3 is 22.5 Å². The van der Waals surface area contributed by atoms with E-state index in [0.717, 1.165) is 39.3 Å². The summed E-state index contributed by atoms with van der Waals surface area (Å²) in [6.07, 6.45) is 8.35. The second-order valence-electron chi connectivity index (χ2n) is 9.48. The first-order chi connectivity index (χ1) is 19.0. The van der Waals surface area contributed by atoms with Crippen LogP contribution in [0.4, 0.5) is 20.2 Å². The molecule has 2 aromatic carbocycles. The summed E-state index contributed by atoms with van der Waals surface area (Å²) in [6, 6.07) is 9.33. The Bertz CT molecular complexity index is 1030. The van der Waals surface area contributed by atoms with E-state index in [2.05, 4.69) is 20.4 Å². The fraction of sp³-hybridized carbons (Fsp3) is 0.536. The number of nitrogens with one attached hydrogen (secondary N) is 2. The predicted molar refractivity (Wildman–Crippen MR) is 143 cm³/mol. The molecule has 217 valence electrons. The van der Waals surface area contributed by atoms with E-state index in [0.29, 0.717) is 41.9 Å². The number of para-hydroxylation sites is 2. The number of anilines is 2. The van der Waals surface area contributed by atoms with Crippen molar-refractivity contribution < 1.29 is 41.2 Å². The summed E-state index contributed by atoms with van der Waals surface area (Å²) >= 11 is -1.44. The van der Waals surface area contributed by atoms with Gasteiger partial charge in [0, 0.05) is 37.3 Å². The van der Waals surface area contributed by atoms with Crippen LogP contribution in [0.25, 0.3) is 0 Å². The average molecular weight is 590 g/mol. The molecule has 11 heteroatoms. The molecule has 0 bridgehead atoms. The average Bonchev–Trinajstić information content (AvgIpc) is 2.96. The van der Waals surface area contributed by atoms with Crippen molar-refractivity contribution in [3.8, 4) is 0 Å². The van der Waals surface area contributed by atoms with Crippen LogP contribution in [0.3, 0.4) is 0 Å². The molecule has 0 spiro atoms. The van der Waals surface area contributed by atoms with E-state index in [1.807, 2.05) is 0 Å². The molecule has 3 N–H and O–H groups in total. The fourth-order valence-corrected chi connectivity index (χ4v) is 4.77. The van der Waals surface area contributed by atoms with E-state index in [1.165, 1.54) is 50.7 Å². The van der Waals surface area contributed by atoms with Gasteiger partial charge in [0.15, 0.2) is 6.29 Å². The number of aliphatic hydroxyl groups excluding tert-OH is 1. The Balaban J connectivity index is 0.000000249. The molecule has 0 amide bonds. The van der Waals surface area contributed by atoms with Crippen LogP contribution in [0, 0.1) is 11.6 Å². The van der Waals surface area contributed by atoms with Crippen molar-refractivity contribution in [1.82, 2.24) is 9.80 Å². The van der Waals surface area contributed by atoms with Gasteiger partial charge in [-0.05, 0) is 70.1 Å². The Kier molecular flexibility index (Phi) is 16.5. The zero-order chi connectivity index (χ0) is 28.3. The van der Waals surface area contributed by atoms with E-state index in [9.17, 15) is 18.7 Å². The van der Waals surface area contributed by atoms with Crippen LogP contribution < -0.4 is 10.6 Å². The van der Waals surface area contributed by atoms with Crippen LogP contribution in [0.15, 0.2) is 36.4 Å². The second kappa shape index (κ2) is 19.6. The molecule has 0 aliphatic carbocycles. The van der Waals surface area contributed by atoms with E-state index in [4.69, 9.17) is 7.67 Å². The van der Waals surface area contributed by atoms with E-state index >= 15 is 0 Å². The molecule has 0 unspecified atom stereocenters. The van der Waals surface area contributed by atoms with Crippen LogP contribution >= 0.6 is 0 Å². The molecular weight excluding hydrogens is 549 g/mol. The molecular formula is C28H40F2MnN4O4. The number of carbonyl (C=O) groups is 1. The summed E-state index contributed by atoms with van der Waals surface area (Å²) in [5.74, 6) is -0.654. The molecule has 2 saturated heterocycles. The van der Waals surface area contributed by atoms with E-state index in [1.54, 1.807) is 24.3 Å². The van der Waals surface area contributed by atoms with Crippen molar-refractivity contribution in [2.75, 3.05) is 63.0 Å². The molecule has 0 atom stereocenters. The number of aliphatic hydroxyl groups is 1. The zero-order valence-corrected chi connectivity index (χ0v) is 23.5. The van der Waals surface area contributed by atoms with Crippen molar-refractivity contribution in [2.45, 2.75) is 45.1 Å². The Morgan fingerprint density at radius 1 is 0.769 bits per heavy atom.